The normalized spacial score (nSPS) is 12.0. The molecule has 1 aromatic rings. The Morgan fingerprint density at radius 1 is 1.23 bits per heavy atom. The van der Waals surface area contributed by atoms with Gasteiger partial charge in [-0.2, -0.15) is 0 Å². The highest BCUT2D eigenvalue weighted by atomic mass is 16.4. The van der Waals surface area contributed by atoms with Crippen LogP contribution in [0.1, 0.15) is 44.0 Å². The molecule has 5 nitrogen and oxygen atoms in total. The maximum atomic E-state index is 12.2. The van der Waals surface area contributed by atoms with Crippen LogP contribution in [0.5, 0.6) is 0 Å². The van der Waals surface area contributed by atoms with E-state index in [0.717, 1.165) is 18.7 Å². The van der Waals surface area contributed by atoms with E-state index < -0.39 is 12.0 Å². The molecule has 1 amide bonds. The van der Waals surface area contributed by atoms with Crippen LogP contribution in [-0.4, -0.2) is 36.6 Å². The van der Waals surface area contributed by atoms with E-state index in [1.54, 1.807) is 12.1 Å². The predicted molar refractivity (Wildman–Crippen MR) is 88.3 cm³/mol. The van der Waals surface area contributed by atoms with Crippen LogP contribution in [0.4, 0.5) is 5.69 Å². The zero-order valence-electron chi connectivity index (χ0n) is 13.8. The molecular weight excluding hydrogens is 280 g/mol. The number of carboxylic acids is 1. The van der Waals surface area contributed by atoms with E-state index >= 15 is 0 Å². The number of rotatable bonds is 8. The highest BCUT2D eigenvalue weighted by Crippen LogP contribution is 2.14. The van der Waals surface area contributed by atoms with Gasteiger partial charge >= 0.3 is 5.97 Å². The van der Waals surface area contributed by atoms with Crippen molar-refractivity contribution in [3.8, 4) is 0 Å². The Morgan fingerprint density at radius 3 is 2.27 bits per heavy atom. The predicted octanol–water partition coefficient (Wildman–Crippen LogP) is 2.76. The van der Waals surface area contributed by atoms with Gasteiger partial charge in [0.15, 0.2) is 0 Å². The molecule has 5 heteroatoms. The molecule has 2 N–H and O–H groups in total. The Morgan fingerprint density at radius 2 is 1.82 bits per heavy atom. The average molecular weight is 306 g/mol. The minimum Gasteiger partial charge on any atom is -0.480 e. The van der Waals surface area contributed by atoms with Gasteiger partial charge in [0, 0.05) is 24.8 Å². The zero-order chi connectivity index (χ0) is 16.7. The van der Waals surface area contributed by atoms with Crippen molar-refractivity contribution < 1.29 is 14.7 Å². The fraction of sp³-hybridized carbons (Fsp3) is 0.529. The Labute approximate surface area is 132 Å². The molecule has 0 bridgehead atoms. The number of hydrogen-bond donors (Lipinski definition) is 2. The van der Waals surface area contributed by atoms with E-state index in [9.17, 15) is 14.7 Å². The van der Waals surface area contributed by atoms with Crippen LogP contribution in [-0.2, 0) is 4.79 Å². The van der Waals surface area contributed by atoms with Crippen molar-refractivity contribution in [2.75, 3.05) is 18.5 Å². The Balaban J connectivity index is 2.74. The summed E-state index contributed by atoms with van der Waals surface area (Å²) in [6, 6.07) is 6.36. The van der Waals surface area contributed by atoms with Gasteiger partial charge < -0.3 is 15.3 Å². The second-order valence-electron chi connectivity index (χ2n) is 5.96. The summed E-state index contributed by atoms with van der Waals surface area (Å²) < 4.78 is 0. The third-order valence-electron chi connectivity index (χ3n) is 3.44. The molecule has 0 spiro atoms. The fourth-order valence-electron chi connectivity index (χ4n) is 2.27. The van der Waals surface area contributed by atoms with Crippen LogP contribution in [0, 0.1) is 5.92 Å². The zero-order valence-corrected chi connectivity index (χ0v) is 13.8. The van der Waals surface area contributed by atoms with E-state index in [-0.39, 0.29) is 11.8 Å². The molecule has 1 rings (SSSR count). The fourth-order valence-corrected chi connectivity index (χ4v) is 2.27. The summed E-state index contributed by atoms with van der Waals surface area (Å²) in [5.74, 6) is -1.15. The largest absolute Gasteiger partial charge is 0.480 e. The Kier molecular flexibility index (Phi) is 6.89. The quantitative estimate of drug-likeness (QED) is 0.775. The minimum absolute atomic E-state index is 0.200. The molecule has 0 fully saturated rings. The van der Waals surface area contributed by atoms with E-state index in [1.165, 1.54) is 0 Å². The van der Waals surface area contributed by atoms with Crippen molar-refractivity contribution in [3.05, 3.63) is 29.8 Å². The van der Waals surface area contributed by atoms with Crippen LogP contribution >= 0.6 is 0 Å². The number of aliphatic carboxylic acids is 1. The summed E-state index contributed by atoms with van der Waals surface area (Å²) in [4.78, 5) is 25.5. The third-order valence-corrected chi connectivity index (χ3v) is 3.44. The lowest BCUT2D eigenvalue weighted by Gasteiger charge is -2.19. The molecule has 0 aromatic heterocycles. The maximum absolute atomic E-state index is 12.2. The van der Waals surface area contributed by atoms with Crippen molar-refractivity contribution in [1.82, 2.24) is 5.32 Å². The van der Waals surface area contributed by atoms with Crippen molar-refractivity contribution in [2.45, 2.75) is 39.7 Å². The third kappa shape index (κ3) is 5.39. The standard InChI is InChI=1S/C17H26N2O3/c1-5-10-19(4)14-8-6-13(7-9-14)16(20)18-15(17(21)22)11-12(2)3/h6-9,12,15H,5,10-11H2,1-4H3,(H,18,20)(H,21,22)/t15-/m1/s1. The lowest BCUT2D eigenvalue weighted by atomic mass is 10.0. The first-order chi connectivity index (χ1) is 10.3. The molecule has 122 valence electrons. The average Bonchev–Trinajstić information content (AvgIpc) is 2.46. The molecule has 1 atom stereocenters. The summed E-state index contributed by atoms with van der Waals surface area (Å²) in [6.45, 7) is 6.92. The van der Waals surface area contributed by atoms with Crippen LogP contribution in [0.3, 0.4) is 0 Å². The molecule has 0 saturated heterocycles. The SMILES string of the molecule is CCCN(C)c1ccc(C(=O)N[C@H](CC(C)C)C(=O)O)cc1. The van der Waals surface area contributed by atoms with Gasteiger partial charge in [-0.1, -0.05) is 20.8 Å². The first kappa shape index (κ1) is 18.0. The van der Waals surface area contributed by atoms with Crippen LogP contribution in [0.25, 0.3) is 0 Å². The summed E-state index contributed by atoms with van der Waals surface area (Å²) in [5.41, 5.74) is 1.51. The molecule has 0 saturated carbocycles. The van der Waals surface area contributed by atoms with Crippen LogP contribution < -0.4 is 10.2 Å². The van der Waals surface area contributed by atoms with Crippen molar-refractivity contribution in [2.24, 2.45) is 5.92 Å². The van der Waals surface area contributed by atoms with E-state index in [4.69, 9.17) is 0 Å². The Hall–Kier alpha value is -2.04. The first-order valence-corrected chi connectivity index (χ1v) is 7.70. The minimum atomic E-state index is -0.999. The number of carbonyl (C=O) groups is 2. The number of nitrogens with one attached hydrogen (secondary N) is 1. The smallest absolute Gasteiger partial charge is 0.326 e. The summed E-state index contributed by atoms with van der Waals surface area (Å²) in [7, 11) is 2.00. The number of nitrogens with zero attached hydrogens (tertiary/aromatic N) is 1. The number of benzene rings is 1. The van der Waals surface area contributed by atoms with E-state index in [0.29, 0.717) is 12.0 Å². The molecule has 0 unspecified atom stereocenters. The molecule has 1 aromatic carbocycles. The van der Waals surface area contributed by atoms with Crippen molar-refractivity contribution in [1.29, 1.82) is 0 Å². The van der Waals surface area contributed by atoms with E-state index in [1.807, 2.05) is 33.0 Å². The van der Waals surface area contributed by atoms with E-state index in [2.05, 4.69) is 17.1 Å². The van der Waals surface area contributed by atoms with Crippen molar-refractivity contribution >= 4 is 17.6 Å². The molecule has 0 aliphatic carbocycles. The van der Waals surface area contributed by atoms with Gasteiger partial charge in [-0.15, -0.1) is 0 Å². The molecule has 0 heterocycles. The summed E-state index contributed by atoms with van der Waals surface area (Å²) in [6.07, 6.45) is 1.46. The highest BCUT2D eigenvalue weighted by molar-refractivity contribution is 5.96. The van der Waals surface area contributed by atoms with Gasteiger partial charge in [0.2, 0.25) is 0 Å². The Bertz CT molecular complexity index is 497. The van der Waals surface area contributed by atoms with Gasteiger partial charge in [0.05, 0.1) is 0 Å². The lowest BCUT2D eigenvalue weighted by molar-refractivity contribution is -0.139. The molecular formula is C17H26N2O3. The summed E-state index contributed by atoms with van der Waals surface area (Å²) in [5, 5.41) is 11.8. The number of carboxylic acid groups (broad SMARTS) is 1. The monoisotopic (exact) mass is 306 g/mol. The second kappa shape index (κ2) is 8.41. The molecule has 0 radical (unpaired) electrons. The molecule has 0 aliphatic rings. The van der Waals surface area contributed by atoms with Gasteiger partial charge in [0.1, 0.15) is 6.04 Å². The van der Waals surface area contributed by atoms with Crippen LogP contribution in [0.15, 0.2) is 24.3 Å². The number of carbonyl (C=O) groups excluding carboxylic acids is 1. The van der Waals surface area contributed by atoms with Gasteiger partial charge in [-0.3, -0.25) is 4.79 Å². The number of anilines is 1. The lowest BCUT2D eigenvalue weighted by Crippen LogP contribution is -2.41. The maximum Gasteiger partial charge on any atom is 0.326 e. The van der Waals surface area contributed by atoms with Gasteiger partial charge in [0.25, 0.3) is 5.91 Å². The second-order valence-corrected chi connectivity index (χ2v) is 5.96. The van der Waals surface area contributed by atoms with Gasteiger partial charge in [-0.25, -0.2) is 4.79 Å². The van der Waals surface area contributed by atoms with Gasteiger partial charge in [-0.05, 0) is 43.0 Å². The summed E-state index contributed by atoms with van der Waals surface area (Å²) >= 11 is 0. The number of amides is 1. The molecule has 0 aliphatic heterocycles. The molecule has 22 heavy (non-hydrogen) atoms. The highest BCUT2D eigenvalue weighted by Gasteiger charge is 2.21. The number of hydrogen-bond acceptors (Lipinski definition) is 3. The van der Waals surface area contributed by atoms with Crippen molar-refractivity contribution in [3.63, 3.8) is 0 Å². The van der Waals surface area contributed by atoms with Crippen LogP contribution in [0.2, 0.25) is 0 Å². The first-order valence-electron chi connectivity index (χ1n) is 7.70. The topological polar surface area (TPSA) is 69.6 Å².